The van der Waals surface area contributed by atoms with Gasteiger partial charge in [0.05, 0.1) is 11.6 Å². The summed E-state index contributed by atoms with van der Waals surface area (Å²) in [4.78, 5) is 10.8. The highest BCUT2D eigenvalue weighted by atomic mass is 16.1. The molecule has 0 aliphatic heterocycles. The average molecular weight is 185 g/mol. The third kappa shape index (κ3) is 1.42. The minimum absolute atomic E-state index is 0.0477. The number of nitrogens with zero attached hydrogens (tertiary/aromatic N) is 1. The molecule has 2 nitrogen and oxygen atoms in total. The Balaban J connectivity index is 2.46. The lowest BCUT2D eigenvalue weighted by Crippen LogP contribution is -2.10. The zero-order valence-corrected chi connectivity index (χ0v) is 7.86. The van der Waals surface area contributed by atoms with Crippen LogP contribution in [0.2, 0.25) is 0 Å². The minimum atomic E-state index is 0.0477. The third-order valence-corrected chi connectivity index (χ3v) is 2.80. The molecule has 1 aliphatic rings. The van der Waals surface area contributed by atoms with Gasteiger partial charge in [-0.2, -0.15) is 5.26 Å². The topological polar surface area (TPSA) is 40.9 Å². The number of aldehydes is 1. The summed E-state index contributed by atoms with van der Waals surface area (Å²) in [6.45, 7) is 0. The second-order valence-corrected chi connectivity index (χ2v) is 3.66. The highest BCUT2D eigenvalue weighted by Crippen LogP contribution is 2.30. The predicted molar refractivity (Wildman–Crippen MR) is 52.9 cm³/mol. The molecule has 70 valence electrons. The van der Waals surface area contributed by atoms with E-state index in [-0.39, 0.29) is 5.92 Å². The lowest BCUT2D eigenvalue weighted by molar-refractivity contribution is -0.109. The zero-order valence-electron chi connectivity index (χ0n) is 7.86. The van der Waals surface area contributed by atoms with Crippen LogP contribution in [0.25, 0.3) is 0 Å². The molecule has 0 amide bonds. The van der Waals surface area contributed by atoms with Crippen molar-refractivity contribution in [3.63, 3.8) is 0 Å². The van der Waals surface area contributed by atoms with Crippen molar-refractivity contribution in [2.75, 3.05) is 0 Å². The number of benzene rings is 1. The summed E-state index contributed by atoms with van der Waals surface area (Å²) >= 11 is 0. The van der Waals surface area contributed by atoms with Crippen LogP contribution in [0.15, 0.2) is 18.2 Å². The molecule has 0 spiro atoms. The number of hydrogen-bond acceptors (Lipinski definition) is 2. The van der Waals surface area contributed by atoms with Gasteiger partial charge in [0.2, 0.25) is 0 Å². The van der Waals surface area contributed by atoms with Crippen molar-refractivity contribution >= 4 is 6.29 Å². The van der Waals surface area contributed by atoms with Crippen LogP contribution < -0.4 is 0 Å². The van der Waals surface area contributed by atoms with Gasteiger partial charge in [-0.25, -0.2) is 0 Å². The Morgan fingerprint density at radius 1 is 1.50 bits per heavy atom. The number of hydrogen-bond donors (Lipinski definition) is 0. The van der Waals surface area contributed by atoms with E-state index in [4.69, 9.17) is 5.26 Å². The van der Waals surface area contributed by atoms with Crippen LogP contribution in [0.4, 0.5) is 0 Å². The number of carbonyl (C=O) groups excluding carboxylic acids is 1. The molecule has 1 aromatic rings. The van der Waals surface area contributed by atoms with E-state index in [1.807, 2.05) is 12.1 Å². The van der Waals surface area contributed by atoms with Crippen molar-refractivity contribution in [1.82, 2.24) is 0 Å². The summed E-state index contributed by atoms with van der Waals surface area (Å²) in [5.74, 6) is 0.0477. The molecular formula is C12H11NO. The van der Waals surface area contributed by atoms with Gasteiger partial charge in [-0.15, -0.1) is 0 Å². The Labute approximate surface area is 83.2 Å². The van der Waals surface area contributed by atoms with Gasteiger partial charge in [0, 0.05) is 5.92 Å². The minimum Gasteiger partial charge on any atom is -0.303 e. The first-order valence-corrected chi connectivity index (χ1v) is 4.83. The maximum atomic E-state index is 10.8. The van der Waals surface area contributed by atoms with Crippen molar-refractivity contribution in [3.05, 3.63) is 34.9 Å². The Kier molecular flexibility index (Phi) is 2.32. The molecule has 14 heavy (non-hydrogen) atoms. The maximum absolute atomic E-state index is 10.8. The summed E-state index contributed by atoms with van der Waals surface area (Å²) in [7, 11) is 0. The first kappa shape index (κ1) is 8.96. The molecule has 0 aromatic heterocycles. The predicted octanol–water partition coefficient (Wildman–Crippen LogP) is 2.18. The Morgan fingerprint density at radius 3 is 3.07 bits per heavy atom. The van der Waals surface area contributed by atoms with E-state index in [0.29, 0.717) is 5.56 Å². The van der Waals surface area contributed by atoms with Crippen LogP contribution >= 0.6 is 0 Å². The second kappa shape index (κ2) is 3.63. The molecule has 2 heteroatoms. The Hall–Kier alpha value is -1.62. The molecule has 0 N–H and O–H groups in total. The zero-order chi connectivity index (χ0) is 9.97. The number of nitriles is 1. The number of rotatable bonds is 1. The molecule has 0 radical (unpaired) electrons. The standard InChI is InChI=1S/C12H11NO/c13-7-9-4-5-12-10(6-9)2-1-3-11(12)8-14/h4-6,8,11H,1-3H2. The molecule has 1 aliphatic carbocycles. The monoisotopic (exact) mass is 185 g/mol. The fourth-order valence-corrected chi connectivity index (χ4v) is 2.06. The summed E-state index contributed by atoms with van der Waals surface area (Å²) in [5, 5.41) is 8.74. The molecule has 1 atom stereocenters. The largest absolute Gasteiger partial charge is 0.303 e. The van der Waals surface area contributed by atoms with Crippen LogP contribution in [0, 0.1) is 11.3 Å². The molecule has 2 rings (SSSR count). The molecular weight excluding hydrogens is 174 g/mol. The SMILES string of the molecule is N#Cc1ccc2c(c1)CCCC2C=O. The molecule has 0 heterocycles. The van der Waals surface area contributed by atoms with Crippen LogP contribution in [0.5, 0.6) is 0 Å². The van der Waals surface area contributed by atoms with E-state index < -0.39 is 0 Å². The van der Waals surface area contributed by atoms with E-state index in [2.05, 4.69) is 6.07 Å². The van der Waals surface area contributed by atoms with Gasteiger partial charge >= 0.3 is 0 Å². The van der Waals surface area contributed by atoms with Gasteiger partial charge < -0.3 is 4.79 Å². The highest BCUT2D eigenvalue weighted by molar-refractivity contribution is 5.64. The van der Waals surface area contributed by atoms with Crippen LogP contribution in [0.3, 0.4) is 0 Å². The normalized spacial score (nSPS) is 19.5. The third-order valence-electron chi connectivity index (χ3n) is 2.80. The van der Waals surface area contributed by atoms with Gasteiger partial charge in [-0.05, 0) is 42.5 Å². The quantitative estimate of drug-likeness (QED) is 0.629. The van der Waals surface area contributed by atoms with Gasteiger partial charge in [0.15, 0.2) is 0 Å². The van der Waals surface area contributed by atoms with Gasteiger partial charge in [0.25, 0.3) is 0 Å². The van der Waals surface area contributed by atoms with Crippen molar-refractivity contribution in [3.8, 4) is 6.07 Å². The van der Waals surface area contributed by atoms with Gasteiger partial charge in [0.1, 0.15) is 6.29 Å². The van der Waals surface area contributed by atoms with Crippen molar-refractivity contribution < 1.29 is 4.79 Å². The maximum Gasteiger partial charge on any atom is 0.127 e. The molecule has 1 unspecified atom stereocenters. The first-order chi connectivity index (χ1) is 6.85. The lowest BCUT2D eigenvalue weighted by atomic mass is 9.83. The van der Waals surface area contributed by atoms with E-state index in [1.54, 1.807) is 6.07 Å². The molecule has 0 saturated carbocycles. The molecule has 1 aromatic carbocycles. The van der Waals surface area contributed by atoms with E-state index in [0.717, 1.165) is 31.1 Å². The second-order valence-electron chi connectivity index (χ2n) is 3.66. The van der Waals surface area contributed by atoms with E-state index in [1.165, 1.54) is 5.56 Å². The van der Waals surface area contributed by atoms with Crippen molar-refractivity contribution in [1.29, 1.82) is 5.26 Å². The van der Waals surface area contributed by atoms with E-state index >= 15 is 0 Å². The fourth-order valence-electron chi connectivity index (χ4n) is 2.06. The highest BCUT2D eigenvalue weighted by Gasteiger charge is 2.19. The average Bonchev–Trinajstić information content (AvgIpc) is 2.27. The summed E-state index contributed by atoms with van der Waals surface area (Å²) < 4.78 is 0. The summed E-state index contributed by atoms with van der Waals surface area (Å²) in [6.07, 6.45) is 4.01. The number of aryl methyl sites for hydroxylation is 1. The fraction of sp³-hybridized carbons (Fsp3) is 0.333. The van der Waals surface area contributed by atoms with Crippen molar-refractivity contribution in [2.45, 2.75) is 25.2 Å². The molecule has 0 saturated heterocycles. The van der Waals surface area contributed by atoms with Crippen LogP contribution in [0.1, 0.15) is 35.4 Å². The van der Waals surface area contributed by atoms with Crippen LogP contribution in [-0.2, 0) is 11.2 Å². The lowest BCUT2D eigenvalue weighted by Gasteiger charge is -2.20. The smallest absolute Gasteiger partial charge is 0.127 e. The number of carbonyl (C=O) groups is 1. The Bertz CT molecular complexity index is 403. The van der Waals surface area contributed by atoms with Crippen molar-refractivity contribution in [2.24, 2.45) is 0 Å². The summed E-state index contributed by atoms with van der Waals surface area (Å²) in [6, 6.07) is 7.74. The molecule has 0 fully saturated rings. The van der Waals surface area contributed by atoms with Gasteiger partial charge in [-0.1, -0.05) is 6.07 Å². The van der Waals surface area contributed by atoms with Crippen LogP contribution in [-0.4, -0.2) is 6.29 Å². The van der Waals surface area contributed by atoms with Gasteiger partial charge in [-0.3, -0.25) is 0 Å². The Morgan fingerprint density at radius 2 is 2.36 bits per heavy atom. The molecule has 0 bridgehead atoms. The van der Waals surface area contributed by atoms with E-state index in [9.17, 15) is 4.79 Å². The summed E-state index contributed by atoms with van der Waals surface area (Å²) in [5.41, 5.74) is 2.98. The number of fused-ring (bicyclic) bond motifs is 1. The first-order valence-electron chi connectivity index (χ1n) is 4.83.